The van der Waals surface area contributed by atoms with Crippen LogP contribution in [0.25, 0.3) is 0 Å². The Hall–Kier alpha value is -4.37. The van der Waals surface area contributed by atoms with Crippen molar-refractivity contribution in [3.05, 3.63) is 108 Å². The van der Waals surface area contributed by atoms with E-state index in [1.54, 1.807) is 48.8 Å². The van der Waals surface area contributed by atoms with E-state index in [0.29, 0.717) is 22.9 Å². The van der Waals surface area contributed by atoms with Crippen LogP contribution in [-0.2, 0) is 21.2 Å². The number of para-hydroxylation sites is 2. The molecule has 188 valence electrons. The Bertz CT molecular complexity index is 1490. The van der Waals surface area contributed by atoms with Crippen LogP contribution >= 0.6 is 0 Å². The van der Waals surface area contributed by atoms with E-state index in [1.807, 2.05) is 36.4 Å². The lowest BCUT2D eigenvalue weighted by Gasteiger charge is -2.34. The number of hydrogen-bond acceptors (Lipinski definition) is 6. The fraction of sp³-hybridized carbons (Fsp3) is 0.143. The Kier molecular flexibility index (Phi) is 6.78. The molecule has 1 aliphatic rings. The van der Waals surface area contributed by atoms with Crippen LogP contribution in [0.4, 0.5) is 11.4 Å². The molecule has 37 heavy (non-hydrogen) atoms. The molecule has 1 atom stereocenters. The Morgan fingerprint density at radius 2 is 1.65 bits per heavy atom. The first-order valence-electron chi connectivity index (χ1n) is 11.7. The highest BCUT2D eigenvalue weighted by Crippen LogP contribution is 2.37. The number of rotatable bonds is 7. The van der Waals surface area contributed by atoms with Gasteiger partial charge in [-0.25, -0.2) is 8.42 Å². The fourth-order valence-corrected chi connectivity index (χ4v) is 5.58. The van der Waals surface area contributed by atoms with Gasteiger partial charge < -0.3 is 14.8 Å². The largest absolute Gasteiger partial charge is 0.497 e. The highest BCUT2D eigenvalue weighted by atomic mass is 32.2. The molecule has 0 bridgehead atoms. The smallest absolute Gasteiger partial charge is 0.267 e. The Morgan fingerprint density at radius 3 is 2.35 bits per heavy atom. The molecule has 0 fully saturated rings. The van der Waals surface area contributed by atoms with Crippen LogP contribution in [0.2, 0.25) is 0 Å². The first-order valence-corrected chi connectivity index (χ1v) is 13.1. The number of aromatic nitrogens is 1. The van der Waals surface area contributed by atoms with Gasteiger partial charge in [0.1, 0.15) is 11.5 Å². The molecule has 1 aromatic heterocycles. The lowest BCUT2D eigenvalue weighted by molar-refractivity contribution is -0.122. The van der Waals surface area contributed by atoms with Crippen LogP contribution in [0.5, 0.6) is 11.5 Å². The number of nitrogens with zero attached hydrogens (tertiary/aromatic N) is 2. The third-order valence-electron chi connectivity index (χ3n) is 6.05. The summed E-state index contributed by atoms with van der Waals surface area (Å²) in [5.41, 5.74) is 3.20. The summed E-state index contributed by atoms with van der Waals surface area (Å²) in [5, 5.41) is 2.85. The van der Waals surface area contributed by atoms with E-state index in [0.717, 1.165) is 17.5 Å². The monoisotopic (exact) mass is 515 g/mol. The van der Waals surface area contributed by atoms with Crippen molar-refractivity contribution in [2.75, 3.05) is 23.3 Å². The third-order valence-corrected chi connectivity index (χ3v) is 7.85. The van der Waals surface area contributed by atoms with Crippen molar-refractivity contribution in [3.8, 4) is 11.5 Å². The maximum absolute atomic E-state index is 13.6. The van der Waals surface area contributed by atoms with Crippen molar-refractivity contribution in [3.63, 3.8) is 0 Å². The zero-order valence-electron chi connectivity index (χ0n) is 20.1. The molecule has 4 aromatic rings. The summed E-state index contributed by atoms with van der Waals surface area (Å²) in [5.74, 6) is 0.426. The maximum atomic E-state index is 13.6. The molecular formula is C28H25N3O5S. The Morgan fingerprint density at radius 1 is 0.973 bits per heavy atom. The van der Waals surface area contributed by atoms with Gasteiger partial charge in [-0.1, -0.05) is 24.3 Å². The van der Waals surface area contributed by atoms with Gasteiger partial charge in [0, 0.05) is 18.1 Å². The molecule has 3 aromatic carbocycles. The maximum Gasteiger partial charge on any atom is 0.267 e. The van der Waals surface area contributed by atoms with Crippen molar-refractivity contribution < 1.29 is 22.7 Å². The molecule has 0 aliphatic carbocycles. The predicted octanol–water partition coefficient (Wildman–Crippen LogP) is 4.28. The second kappa shape index (κ2) is 10.3. The molecular weight excluding hydrogens is 490 g/mol. The van der Waals surface area contributed by atoms with Gasteiger partial charge in [-0.15, -0.1) is 0 Å². The number of fused-ring (bicyclic) bond motifs is 1. The Labute approximate surface area is 215 Å². The van der Waals surface area contributed by atoms with Gasteiger partial charge in [0.2, 0.25) is 0 Å². The van der Waals surface area contributed by atoms with E-state index in [4.69, 9.17) is 9.47 Å². The minimum absolute atomic E-state index is 0.0916. The van der Waals surface area contributed by atoms with Crippen molar-refractivity contribution in [1.29, 1.82) is 0 Å². The molecule has 2 heterocycles. The van der Waals surface area contributed by atoms with Gasteiger partial charge in [-0.3, -0.25) is 14.1 Å². The number of ether oxygens (including phenoxy) is 2. The number of benzene rings is 3. The summed E-state index contributed by atoms with van der Waals surface area (Å²) >= 11 is 0. The highest BCUT2D eigenvalue weighted by molar-refractivity contribution is 7.92. The summed E-state index contributed by atoms with van der Waals surface area (Å²) in [6.07, 6.45) is 3.21. The van der Waals surface area contributed by atoms with Gasteiger partial charge >= 0.3 is 0 Å². The molecule has 9 heteroatoms. The van der Waals surface area contributed by atoms with Gasteiger partial charge in [0.05, 0.1) is 24.2 Å². The van der Waals surface area contributed by atoms with Crippen LogP contribution in [-0.4, -0.2) is 39.1 Å². The van der Waals surface area contributed by atoms with E-state index >= 15 is 0 Å². The molecule has 0 saturated carbocycles. The molecule has 1 N–H and O–H groups in total. The highest BCUT2D eigenvalue weighted by Gasteiger charge is 2.37. The molecule has 0 radical (unpaired) electrons. The zero-order chi connectivity index (χ0) is 25.8. The van der Waals surface area contributed by atoms with Gasteiger partial charge in [-0.05, 0) is 78.2 Å². The lowest BCUT2D eigenvalue weighted by atomic mass is 10.1. The summed E-state index contributed by atoms with van der Waals surface area (Å²) < 4.78 is 39.4. The molecule has 1 amide bonds. The minimum Gasteiger partial charge on any atom is -0.497 e. The van der Waals surface area contributed by atoms with Gasteiger partial charge in [0.25, 0.3) is 15.9 Å². The SMILES string of the molecule is COc1ccc(S(=O)(=O)N2C[C@@H](C(=O)Nc3ccc(Cc4ccncc4)cc3)Oc3ccccc32)cc1. The van der Waals surface area contributed by atoms with Crippen LogP contribution < -0.4 is 19.1 Å². The molecule has 0 saturated heterocycles. The predicted molar refractivity (Wildman–Crippen MR) is 140 cm³/mol. The number of pyridine rings is 1. The van der Waals surface area contributed by atoms with E-state index in [-0.39, 0.29) is 11.4 Å². The van der Waals surface area contributed by atoms with Crippen LogP contribution in [0.1, 0.15) is 11.1 Å². The first kappa shape index (κ1) is 24.3. The van der Waals surface area contributed by atoms with Crippen molar-refractivity contribution in [1.82, 2.24) is 4.98 Å². The number of sulfonamides is 1. The Balaban J connectivity index is 1.34. The van der Waals surface area contributed by atoms with E-state index < -0.39 is 22.0 Å². The summed E-state index contributed by atoms with van der Waals surface area (Å²) in [6, 6.07) is 24.3. The van der Waals surface area contributed by atoms with Crippen LogP contribution in [0.15, 0.2) is 102 Å². The number of amides is 1. The number of methoxy groups -OCH3 is 1. The van der Waals surface area contributed by atoms with Gasteiger partial charge in [0.15, 0.2) is 6.10 Å². The minimum atomic E-state index is -3.96. The normalized spacial score (nSPS) is 14.8. The zero-order valence-corrected chi connectivity index (χ0v) is 20.9. The number of nitrogens with one attached hydrogen (secondary N) is 1. The lowest BCUT2D eigenvalue weighted by Crippen LogP contribution is -2.48. The molecule has 5 rings (SSSR count). The van der Waals surface area contributed by atoms with Crippen molar-refractivity contribution in [2.24, 2.45) is 0 Å². The average molecular weight is 516 g/mol. The molecule has 0 spiro atoms. The van der Waals surface area contributed by atoms with Crippen LogP contribution in [0, 0.1) is 0 Å². The molecule has 0 unspecified atom stereocenters. The second-order valence-corrected chi connectivity index (χ2v) is 10.4. The first-order chi connectivity index (χ1) is 17.9. The van der Waals surface area contributed by atoms with Crippen LogP contribution in [0.3, 0.4) is 0 Å². The van der Waals surface area contributed by atoms with E-state index in [1.165, 1.54) is 23.5 Å². The fourth-order valence-electron chi connectivity index (χ4n) is 4.11. The molecule has 8 nitrogen and oxygen atoms in total. The summed E-state index contributed by atoms with van der Waals surface area (Å²) in [7, 11) is -2.45. The third kappa shape index (κ3) is 5.26. The second-order valence-electron chi connectivity index (χ2n) is 8.50. The van der Waals surface area contributed by atoms with Crippen molar-refractivity contribution in [2.45, 2.75) is 17.4 Å². The quantitative estimate of drug-likeness (QED) is 0.395. The summed E-state index contributed by atoms with van der Waals surface area (Å²) in [6.45, 7) is -0.169. The number of carbonyl (C=O) groups excluding carboxylic acids is 1. The van der Waals surface area contributed by atoms with E-state index in [2.05, 4.69) is 10.3 Å². The number of carbonyl (C=O) groups is 1. The summed E-state index contributed by atoms with van der Waals surface area (Å²) in [4.78, 5) is 17.3. The van der Waals surface area contributed by atoms with Gasteiger partial charge in [-0.2, -0.15) is 0 Å². The standard InChI is InChI=1S/C28H25N3O5S/c1-35-23-10-12-24(13-11-23)37(33,34)31-19-27(36-26-5-3-2-4-25(26)31)28(32)30-22-8-6-20(7-9-22)18-21-14-16-29-17-15-21/h2-17,27H,18-19H2,1H3,(H,30,32)/t27-/m0/s1. The average Bonchev–Trinajstić information content (AvgIpc) is 2.94. The van der Waals surface area contributed by atoms with Crippen molar-refractivity contribution >= 4 is 27.3 Å². The number of anilines is 2. The molecule has 1 aliphatic heterocycles. The number of hydrogen-bond donors (Lipinski definition) is 1. The van der Waals surface area contributed by atoms with E-state index in [9.17, 15) is 13.2 Å². The topological polar surface area (TPSA) is 97.8 Å².